The van der Waals surface area contributed by atoms with Crippen LogP contribution in [0, 0.1) is 0 Å². The van der Waals surface area contributed by atoms with Gasteiger partial charge < -0.3 is 10.2 Å². The molecule has 1 fully saturated rings. The van der Waals surface area contributed by atoms with E-state index in [4.69, 9.17) is 28.3 Å². The molecule has 1 aromatic heterocycles. The van der Waals surface area contributed by atoms with E-state index in [0.717, 1.165) is 15.6 Å². The molecule has 1 saturated heterocycles. The fraction of sp³-hybridized carbons (Fsp3) is 0.444. The van der Waals surface area contributed by atoms with Gasteiger partial charge in [-0.1, -0.05) is 23.2 Å². The number of aliphatic carboxylic acids is 1. The van der Waals surface area contributed by atoms with E-state index in [2.05, 4.69) is 0 Å². The van der Waals surface area contributed by atoms with Crippen molar-refractivity contribution in [1.29, 1.82) is 0 Å². The Bertz CT molecular complexity index is 614. The average molecular weight is 346 g/mol. The first kappa shape index (κ1) is 15.0. The minimum absolute atomic E-state index is 0.0319. The van der Waals surface area contributed by atoms with Gasteiger partial charge in [-0.3, -0.25) is 4.79 Å². The Morgan fingerprint density at radius 3 is 2.58 bits per heavy atom. The molecule has 2 N–H and O–H groups in total. The number of halogens is 2. The first-order chi connectivity index (χ1) is 8.73. The third-order valence-electron chi connectivity index (χ3n) is 2.73. The second kappa shape index (κ2) is 5.19. The summed E-state index contributed by atoms with van der Waals surface area (Å²) in [6.45, 7) is -0.275. The summed E-state index contributed by atoms with van der Waals surface area (Å²) in [5.41, 5.74) is 0. The van der Waals surface area contributed by atoms with Gasteiger partial charge >= 0.3 is 5.97 Å². The number of β-amino-alcohol motifs (C(OH)–C–C–N with tert-alkyl or cyclic N) is 1. The normalized spacial score (nSPS) is 24.8. The SMILES string of the molecule is O=C(O)[C@@H]1C[C@H](O)CN1S(=O)(=O)c1cc(Cl)sc1Cl. The van der Waals surface area contributed by atoms with E-state index < -0.39 is 28.1 Å². The second-order valence-electron chi connectivity index (χ2n) is 4.01. The maximum Gasteiger partial charge on any atom is 0.322 e. The molecule has 2 rings (SSSR count). The van der Waals surface area contributed by atoms with Crippen LogP contribution in [0.4, 0.5) is 0 Å². The summed E-state index contributed by atoms with van der Waals surface area (Å²) in [5.74, 6) is -1.31. The molecule has 1 aliphatic rings. The van der Waals surface area contributed by atoms with Crippen molar-refractivity contribution >= 4 is 50.5 Å². The summed E-state index contributed by atoms with van der Waals surface area (Å²) in [7, 11) is -4.09. The number of hydrogen-bond donors (Lipinski definition) is 2. The van der Waals surface area contributed by atoms with Crippen LogP contribution in [-0.2, 0) is 14.8 Å². The van der Waals surface area contributed by atoms with Gasteiger partial charge in [-0.25, -0.2) is 8.42 Å². The van der Waals surface area contributed by atoms with Gasteiger partial charge in [0.25, 0.3) is 0 Å². The van der Waals surface area contributed by atoms with Gasteiger partial charge in [-0.05, 0) is 6.07 Å². The zero-order chi connectivity index (χ0) is 14.4. The van der Waals surface area contributed by atoms with E-state index in [9.17, 15) is 18.3 Å². The molecule has 10 heteroatoms. The standard InChI is InChI=1S/C9H9Cl2NO5S2/c10-7-2-6(8(11)18-7)19(16,17)12-3-4(13)1-5(12)9(14)15/h2,4-5,13H,1,3H2,(H,14,15)/t4-,5-/m0/s1. The summed E-state index contributed by atoms with van der Waals surface area (Å²) < 4.78 is 25.6. The van der Waals surface area contributed by atoms with Crippen LogP contribution in [0.25, 0.3) is 0 Å². The summed E-state index contributed by atoms with van der Waals surface area (Å²) in [5, 5.41) is 18.5. The Morgan fingerprint density at radius 2 is 2.11 bits per heavy atom. The van der Waals surface area contributed by atoms with Crippen LogP contribution >= 0.6 is 34.5 Å². The lowest BCUT2D eigenvalue weighted by atomic mass is 10.2. The lowest BCUT2D eigenvalue weighted by Gasteiger charge is -2.20. The highest BCUT2D eigenvalue weighted by Crippen LogP contribution is 2.37. The molecule has 1 aromatic rings. The summed E-state index contributed by atoms with van der Waals surface area (Å²) in [6.07, 6.45) is -1.16. The van der Waals surface area contributed by atoms with Gasteiger partial charge in [0.2, 0.25) is 10.0 Å². The number of aliphatic hydroxyl groups is 1. The molecule has 0 amide bonds. The summed E-state index contributed by atoms with van der Waals surface area (Å²) in [6, 6.07) is -0.122. The number of nitrogens with zero attached hydrogens (tertiary/aromatic N) is 1. The lowest BCUT2D eigenvalue weighted by molar-refractivity contribution is -0.140. The minimum atomic E-state index is -4.09. The van der Waals surface area contributed by atoms with Crippen LogP contribution in [0.1, 0.15) is 6.42 Å². The topological polar surface area (TPSA) is 94.9 Å². The number of carboxylic acid groups (broad SMARTS) is 1. The number of aliphatic hydroxyl groups excluding tert-OH is 1. The van der Waals surface area contributed by atoms with E-state index >= 15 is 0 Å². The quantitative estimate of drug-likeness (QED) is 0.859. The Hall–Kier alpha value is -0.380. The summed E-state index contributed by atoms with van der Waals surface area (Å²) >= 11 is 12.4. The maximum absolute atomic E-state index is 12.3. The van der Waals surface area contributed by atoms with Crippen molar-refractivity contribution in [2.75, 3.05) is 6.54 Å². The van der Waals surface area contributed by atoms with E-state index in [1.54, 1.807) is 0 Å². The van der Waals surface area contributed by atoms with E-state index in [0.29, 0.717) is 0 Å². The third kappa shape index (κ3) is 2.74. The molecule has 2 atom stereocenters. The molecule has 0 saturated carbocycles. The van der Waals surface area contributed by atoms with Crippen LogP contribution in [0.3, 0.4) is 0 Å². The first-order valence-electron chi connectivity index (χ1n) is 5.11. The number of carbonyl (C=O) groups is 1. The van der Waals surface area contributed by atoms with Crippen molar-refractivity contribution in [2.45, 2.75) is 23.5 Å². The van der Waals surface area contributed by atoms with E-state index in [-0.39, 0.29) is 26.5 Å². The van der Waals surface area contributed by atoms with Crippen molar-refractivity contribution in [2.24, 2.45) is 0 Å². The Morgan fingerprint density at radius 1 is 1.47 bits per heavy atom. The second-order valence-corrected chi connectivity index (χ2v) is 8.15. The number of thiophene rings is 1. The third-order valence-corrected chi connectivity index (χ3v) is 6.36. The lowest BCUT2D eigenvalue weighted by Crippen LogP contribution is -2.40. The van der Waals surface area contributed by atoms with Crippen LogP contribution < -0.4 is 0 Å². The fourth-order valence-corrected chi connectivity index (χ4v) is 5.65. The van der Waals surface area contributed by atoms with Gasteiger partial charge in [0, 0.05) is 13.0 Å². The molecule has 0 radical (unpaired) electrons. The summed E-state index contributed by atoms with van der Waals surface area (Å²) in [4.78, 5) is 10.8. The smallest absolute Gasteiger partial charge is 0.322 e. The van der Waals surface area contributed by atoms with Crippen molar-refractivity contribution in [3.8, 4) is 0 Å². The molecule has 19 heavy (non-hydrogen) atoms. The van der Waals surface area contributed by atoms with Gasteiger partial charge in [0.05, 0.1) is 10.4 Å². The highest BCUT2D eigenvalue weighted by molar-refractivity contribution is 7.89. The number of carboxylic acids is 1. The molecule has 0 aromatic carbocycles. The van der Waals surface area contributed by atoms with Crippen LogP contribution in [0.15, 0.2) is 11.0 Å². The molecule has 0 aliphatic carbocycles. The van der Waals surface area contributed by atoms with Gasteiger partial charge in [-0.15, -0.1) is 11.3 Å². The largest absolute Gasteiger partial charge is 0.480 e. The molecule has 0 spiro atoms. The number of rotatable bonds is 3. The molecular formula is C9H9Cl2NO5S2. The highest BCUT2D eigenvalue weighted by atomic mass is 35.5. The van der Waals surface area contributed by atoms with Crippen molar-refractivity contribution in [1.82, 2.24) is 4.31 Å². The zero-order valence-corrected chi connectivity index (χ0v) is 12.4. The van der Waals surface area contributed by atoms with E-state index in [1.165, 1.54) is 6.07 Å². The molecule has 0 bridgehead atoms. The number of hydrogen-bond acceptors (Lipinski definition) is 5. The molecular weight excluding hydrogens is 337 g/mol. The van der Waals surface area contributed by atoms with Crippen molar-refractivity contribution in [3.05, 3.63) is 14.7 Å². The van der Waals surface area contributed by atoms with Crippen LogP contribution in [-0.4, -0.2) is 47.6 Å². The molecule has 2 heterocycles. The van der Waals surface area contributed by atoms with Crippen LogP contribution in [0.5, 0.6) is 0 Å². The predicted molar refractivity (Wildman–Crippen MR) is 70.3 cm³/mol. The fourth-order valence-electron chi connectivity index (χ4n) is 1.90. The zero-order valence-electron chi connectivity index (χ0n) is 9.29. The Kier molecular flexibility index (Phi) is 4.10. The van der Waals surface area contributed by atoms with Gasteiger partial charge in [0.1, 0.15) is 15.3 Å². The Labute approximate surface area is 123 Å². The molecule has 106 valence electrons. The van der Waals surface area contributed by atoms with E-state index in [1.807, 2.05) is 0 Å². The molecule has 6 nitrogen and oxygen atoms in total. The highest BCUT2D eigenvalue weighted by Gasteiger charge is 2.44. The Balaban J connectivity index is 2.44. The number of sulfonamides is 1. The first-order valence-corrected chi connectivity index (χ1v) is 8.12. The molecule has 1 aliphatic heterocycles. The van der Waals surface area contributed by atoms with Gasteiger partial charge in [0.15, 0.2) is 0 Å². The average Bonchev–Trinajstić information content (AvgIpc) is 2.82. The van der Waals surface area contributed by atoms with Gasteiger partial charge in [-0.2, -0.15) is 4.31 Å². The van der Waals surface area contributed by atoms with Crippen LogP contribution in [0.2, 0.25) is 8.67 Å². The van der Waals surface area contributed by atoms with Crippen molar-refractivity contribution in [3.63, 3.8) is 0 Å². The predicted octanol–water partition coefficient (Wildman–Crippen LogP) is 1.26. The maximum atomic E-state index is 12.3. The van der Waals surface area contributed by atoms with Crippen molar-refractivity contribution < 1.29 is 23.4 Å². The minimum Gasteiger partial charge on any atom is -0.480 e. The monoisotopic (exact) mass is 345 g/mol. The molecule has 0 unspecified atom stereocenters.